The number of ether oxygens (including phenoxy) is 1. The number of nitrogens with zero attached hydrogens (tertiary/aromatic N) is 2. The maximum atomic E-state index is 15.1. The molecule has 1 atom stereocenters. The third-order valence-electron chi connectivity index (χ3n) is 7.10. The summed E-state index contributed by atoms with van der Waals surface area (Å²) in [6, 6.07) is 3.36. The first-order valence-corrected chi connectivity index (χ1v) is 10.8. The minimum atomic E-state index is -0.978. The van der Waals surface area contributed by atoms with Crippen molar-refractivity contribution in [2.75, 3.05) is 24.5 Å². The lowest BCUT2D eigenvalue weighted by Crippen LogP contribution is -2.50. The first-order chi connectivity index (χ1) is 14.3. The van der Waals surface area contributed by atoms with Gasteiger partial charge in [0.25, 0.3) is 0 Å². The van der Waals surface area contributed by atoms with E-state index in [0.29, 0.717) is 18.8 Å². The van der Waals surface area contributed by atoms with E-state index >= 15 is 4.39 Å². The highest BCUT2D eigenvalue weighted by Crippen LogP contribution is 2.44. The number of nitrogens with two attached hydrogens (primary N) is 1. The monoisotopic (exact) mass is 419 g/mol. The molecule has 164 valence electrons. The number of hydrogen-bond acceptors (Lipinski definition) is 5. The molecule has 2 amide bonds. The van der Waals surface area contributed by atoms with Crippen LogP contribution in [-0.2, 0) is 4.79 Å². The zero-order valence-electron chi connectivity index (χ0n) is 17.4. The van der Waals surface area contributed by atoms with Gasteiger partial charge in [0, 0.05) is 31.2 Å². The SMILES string of the molecule is Cc1c(OC(N)=O)ccc(N2CCCC3(CCN(C4CCC(O)CC4)C3=O)C2)c1F. The standard InChI is InChI=1S/C22H30FN3O4/c1-14-18(30-21(24)29)8-7-17(19(14)23)25-11-2-9-22(13-25)10-12-26(20(22)28)15-3-5-16(27)6-4-15/h7-8,15-16,27H,2-6,9-13H2,1H3,(H2,24,29). The zero-order valence-corrected chi connectivity index (χ0v) is 17.4. The van der Waals surface area contributed by atoms with Gasteiger partial charge in [-0.1, -0.05) is 0 Å². The van der Waals surface area contributed by atoms with E-state index < -0.39 is 17.3 Å². The highest BCUT2D eigenvalue weighted by molar-refractivity contribution is 5.86. The van der Waals surface area contributed by atoms with E-state index in [1.54, 1.807) is 19.1 Å². The topological polar surface area (TPSA) is 96.1 Å². The molecule has 2 heterocycles. The molecule has 0 aromatic heterocycles. The molecule has 1 unspecified atom stereocenters. The van der Waals surface area contributed by atoms with Gasteiger partial charge < -0.3 is 25.4 Å². The minimum Gasteiger partial charge on any atom is -0.410 e. The molecule has 1 saturated carbocycles. The molecule has 1 aromatic carbocycles. The zero-order chi connectivity index (χ0) is 21.5. The van der Waals surface area contributed by atoms with Crippen LogP contribution in [0.25, 0.3) is 0 Å². The van der Waals surface area contributed by atoms with Gasteiger partial charge in [0.1, 0.15) is 5.75 Å². The number of anilines is 1. The van der Waals surface area contributed by atoms with E-state index in [1.165, 1.54) is 0 Å². The average molecular weight is 419 g/mol. The van der Waals surface area contributed by atoms with Crippen LogP contribution in [0.5, 0.6) is 5.75 Å². The first kappa shape index (κ1) is 20.9. The Hall–Kier alpha value is -2.35. The second-order valence-corrected chi connectivity index (χ2v) is 8.96. The Bertz CT molecular complexity index is 840. The summed E-state index contributed by atoms with van der Waals surface area (Å²) in [5, 5.41) is 9.77. The first-order valence-electron chi connectivity index (χ1n) is 10.8. The molecule has 30 heavy (non-hydrogen) atoms. The normalized spacial score (nSPS) is 29.5. The number of aliphatic hydroxyl groups excluding tert-OH is 1. The van der Waals surface area contributed by atoms with Crippen molar-refractivity contribution < 1.29 is 23.8 Å². The second kappa shape index (κ2) is 8.06. The lowest BCUT2D eigenvalue weighted by atomic mass is 9.78. The predicted octanol–water partition coefficient (Wildman–Crippen LogP) is 2.71. The highest BCUT2D eigenvalue weighted by atomic mass is 19.1. The molecule has 4 rings (SSSR count). The van der Waals surface area contributed by atoms with Crippen molar-refractivity contribution in [3.8, 4) is 5.75 Å². The number of benzene rings is 1. The number of piperidine rings is 1. The predicted molar refractivity (Wildman–Crippen MR) is 110 cm³/mol. The quantitative estimate of drug-likeness (QED) is 0.785. The molecule has 1 aromatic rings. The van der Waals surface area contributed by atoms with Crippen molar-refractivity contribution in [2.45, 2.75) is 64.0 Å². The Balaban J connectivity index is 1.52. The fourth-order valence-electron chi connectivity index (χ4n) is 5.40. The molecular weight excluding hydrogens is 389 g/mol. The maximum absolute atomic E-state index is 15.1. The Morgan fingerprint density at radius 2 is 1.97 bits per heavy atom. The fraction of sp³-hybridized carbons (Fsp3) is 0.636. The third-order valence-corrected chi connectivity index (χ3v) is 7.10. The van der Waals surface area contributed by atoms with Gasteiger partial charge in [-0.15, -0.1) is 0 Å². The number of aliphatic hydroxyl groups is 1. The number of rotatable bonds is 3. The van der Waals surface area contributed by atoms with Crippen LogP contribution < -0.4 is 15.4 Å². The highest BCUT2D eigenvalue weighted by Gasteiger charge is 2.50. The molecule has 3 N–H and O–H groups in total. The Morgan fingerprint density at radius 1 is 1.23 bits per heavy atom. The molecule has 0 bridgehead atoms. The molecule has 2 saturated heterocycles. The van der Waals surface area contributed by atoms with Crippen molar-refractivity contribution >= 4 is 17.7 Å². The third kappa shape index (κ3) is 3.73. The van der Waals surface area contributed by atoms with Gasteiger partial charge in [-0.2, -0.15) is 0 Å². The number of hydrogen-bond donors (Lipinski definition) is 2. The van der Waals surface area contributed by atoms with Gasteiger partial charge in [0.05, 0.1) is 17.2 Å². The Morgan fingerprint density at radius 3 is 2.67 bits per heavy atom. The van der Waals surface area contributed by atoms with Gasteiger partial charge in [-0.3, -0.25) is 4.79 Å². The lowest BCUT2D eigenvalue weighted by Gasteiger charge is -2.41. The molecule has 3 fully saturated rings. The number of carbonyl (C=O) groups excluding carboxylic acids is 2. The molecule has 7 nitrogen and oxygen atoms in total. The summed E-state index contributed by atoms with van der Waals surface area (Å²) >= 11 is 0. The van der Waals surface area contributed by atoms with Gasteiger partial charge in [-0.25, -0.2) is 9.18 Å². The van der Waals surface area contributed by atoms with Crippen molar-refractivity contribution in [1.29, 1.82) is 0 Å². The van der Waals surface area contributed by atoms with E-state index in [-0.39, 0.29) is 29.4 Å². The van der Waals surface area contributed by atoms with Crippen LogP contribution >= 0.6 is 0 Å². The van der Waals surface area contributed by atoms with Crippen LogP contribution in [0, 0.1) is 18.2 Å². The van der Waals surface area contributed by atoms with E-state index in [9.17, 15) is 14.7 Å². The van der Waals surface area contributed by atoms with E-state index in [0.717, 1.165) is 51.5 Å². The number of primary amides is 1. The van der Waals surface area contributed by atoms with Gasteiger partial charge in [0.2, 0.25) is 5.91 Å². The molecular formula is C22H30FN3O4. The average Bonchev–Trinajstić information content (AvgIpc) is 3.02. The van der Waals surface area contributed by atoms with E-state index in [1.807, 2.05) is 9.80 Å². The molecule has 3 aliphatic rings. The maximum Gasteiger partial charge on any atom is 0.409 e. The van der Waals surface area contributed by atoms with Crippen molar-refractivity contribution in [1.82, 2.24) is 4.90 Å². The Labute approximate surface area is 176 Å². The van der Waals surface area contributed by atoms with Gasteiger partial charge in [0.15, 0.2) is 5.82 Å². The molecule has 1 spiro atoms. The summed E-state index contributed by atoms with van der Waals surface area (Å²) in [6.45, 7) is 3.46. The summed E-state index contributed by atoms with van der Waals surface area (Å²) in [5.74, 6) is -0.160. The second-order valence-electron chi connectivity index (χ2n) is 8.96. The van der Waals surface area contributed by atoms with Crippen LogP contribution in [0.1, 0.15) is 50.5 Å². The van der Waals surface area contributed by atoms with Gasteiger partial charge >= 0.3 is 6.09 Å². The van der Waals surface area contributed by atoms with Crippen LogP contribution in [0.15, 0.2) is 12.1 Å². The molecule has 8 heteroatoms. The van der Waals surface area contributed by atoms with Crippen molar-refractivity contribution in [3.63, 3.8) is 0 Å². The Kier molecular flexibility index (Phi) is 5.61. The summed E-state index contributed by atoms with van der Waals surface area (Å²) in [4.78, 5) is 28.4. The van der Waals surface area contributed by atoms with Crippen LogP contribution in [0.4, 0.5) is 14.9 Å². The van der Waals surface area contributed by atoms with Crippen LogP contribution in [-0.4, -0.2) is 53.8 Å². The molecule has 0 radical (unpaired) electrons. The smallest absolute Gasteiger partial charge is 0.409 e. The number of halogens is 1. The van der Waals surface area contributed by atoms with Gasteiger partial charge in [-0.05, 0) is 64.0 Å². The largest absolute Gasteiger partial charge is 0.410 e. The molecule has 1 aliphatic carbocycles. The lowest BCUT2D eigenvalue weighted by molar-refractivity contribution is -0.139. The van der Waals surface area contributed by atoms with E-state index in [4.69, 9.17) is 10.5 Å². The summed E-state index contributed by atoms with van der Waals surface area (Å²) < 4.78 is 19.9. The number of carbonyl (C=O) groups is 2. The molecule has 2 aliphatic heterocycles. The summed E-state index contributed by atoms with van der Waals surface area (Å²) in [5.41, 5.74) is 5.23. The van der Waals surface area contributed by atoms with Crippen molar-refractivity contribution in [3.05, 3.63) is 23.5 Å². The number of likely N-dealkylation sites (tertiary alicyclic amines) is 1. The minimum absolute atomic E-state index is 0.109. The van der Waals surface area contributed by atoms with Crippen molar-refractivity contribution in [2.24, 2.45) is 11.1 Å². The van der Waals surface area contributed by atoms with E-state index in [2.05, 4.69) is 0 Å². The fourth-order valence-corrected chi connectivity index (χ4v) is 5.40. The summed E-state index contributed by atoms with van der Waals surface area (Å²) in [6.07, 6.45) is 4.39. The number of amides is 2. The van der Waals surface area contributed by atoms with Crippen LogP contribution in [0.3, 0.4) is 0 Å². The summed E-state index contributed by atoms with van der Waals surface area (Å²) in [7, 11) is 0. The van der Waals surface area contributed by atoms with Crippen LogP contribution in [0.2, 0.25) is 0 Å².